The molecule has 2 bridgehead atoms. The van der Waals surface area contributed by atoms with Crippen LogP contribution in [0.3, 0.4) is 0 Å². The highest BCUT2D eigenvalue weighted by atomic mass is 16.5. The molecule has 2 heterocycles. The number of benzene rings is 1. The zero-order chi connectivity index (χ0) is 12.5. The highest BCUT2D eigenvalue weighted by Crippen LogP contribution is 2.30. The van der Waals surface area contributed by atoms with Crippen LogP contribution in [0.2, 0.25) is 0 Å². The molecule has 3 heteroatoms. The molecule has 0 radical (unpaired) electrons. The quantitative estimate of drug-likeness (QED) is 0.890. The number of rotatable bonds is 3. The fourth-order valence-corrected chi connectivity index (χ4v) is 2.99. The number of nitrogens with zero attached hydrogens (tertiary/aromatic N) is 1. The molecule has 18 heavy (non-hydrogen) atoms. The molecule has 0 amide bonds. The van der Waals surface area contributed by atoms with Gasteiger partial charge in [0, 0.05) is 24.8 Å². The summed E-state index contributed by atoms with van der Waals surface area (Å²) in [6.45, 7) is 4.20. The first kappa shape index (κ1) is 12.0. The van der Waals surface area contributed by atoms with Gasteiger partial charge in [-0.25, -0.2) is 0 Å². The van der Waals surface area contributed by atoms with Gasteiger partial charge in [-0.1, -0.05) is 19.1 Å². The van der Waals surface area contributed by atoms with Crippen molar-refractivity contribution >= 4 is 5.69 Å². The zero-order valence-corrected chi connectivity index (χ0v) is 11.0. The predicted molar refractivity (Wildman–Crippen MR) is 73.8 cm³/mol. The Morgan fingerprint density at radius 1 is 1.22 bits per heavy atom. The smallest absolute Gasteiger partial charge is 0.0755 e. The Morgan fingerprint density at radius 3 is 2.39 bits per heavy atom. The third kappa shape index (κ3) is 2.25. The lowest BCUT2D eigenvalue weighted by Crippen LogP contribution is -2.42. The minimum absolute atomic E-state index is 0.167. The molecular weight excluding hydrogens is 224 g/mol. The molecule has 2 aliphatic rings. The van der Waals surface area contributed by atoms with Crippen molar-refractivity contribution in [1.29, 1.82) is 0 Å². The maximum atomic E-state index is 6.04. The van der Waals surface area contributed by atoms with Crippen molar-refractivity contribution in [3.8, 4) is 0 Å². The van der Waals surface area contributed by atoms with Gasteiger partial charge in [0.15, 0.2) is 0 Å². The molecule has 2 fully saturated rings. The van der Waals surface area contributed by atoms with Crippen molar-refractivity contribution in [2.24, 2.45) is 5.73 Å². The van der Waals surface area contributed by atoms with Crippen molar-refractivity contribution in [1.82, 2.24) is 0 Å². The summed E-state index contributed by atoms with van der Waals surface area (Å²) in [6.07, 6.45) is 4.32. The Labute approximate surface area is 109 Å². The third-order valence-electron chi connectivity index (χ3n) is 4.17. The maximum absolute atomic E-state index is 6.04. The molecule has 3 rings (SSSR count). The van der Waals surface area contributed by atoms with Gasteiger partial charge < -0.3 is 15.4 Å². The third-order valence-corrected chi connectivity index (χ3v) is 4.17. The van der Waals surface area contributed by atoms with Crippen LogP contribution in [0, 0.1) is 0 Å². The van der Waals surface area contributed by atoms with Gasteiger partial charge in [0.25, 0.3) is 0 Å². The normalized spacial score (nSPS) is 28.4. The van der Waals surface area contributed by atoms with Gasteiger partial charge in [-0.3, -0.25) is 0 Å². The molecule has 0 aromatic heterocycles. The molecule has 1 aromatic carbocycles. The Balaban J connectivity index is 1.73. The number of hydrogen-bond donors (Lipinski definition) is 1. The van der Waals surface area contributed by atoms with Gasteiger partial charge in [0.2, 0.25) is 0 Å². The van der Waals surface area contributed by atoms with E-state index in [4.69, 9.17) is 10.5 Å². The Hall–Kier alpha value is -1.06. The summed E-state index contributed by atoms with van der Waals surface area (Å²) in [5.41, 5.74) is 8.58. The maximum Gasteiger partial charge on any atom is 0.0755 e. The lowest BCUT2D eigenvalue weighted by molar-refractivity contribution is 0.0305. The molecule has 3 atom stereocenters. The van der Waals surface area contributed by atoms with Crippen molar-refractivity contribution in [2.75, 3.05) is 18.0 Å². The number of fused-ring (bicyclic) bond motifs is 2. The summed E-state index contributed by atoms with van der Waals surface area (Å²) in [6, 6.07) is 8.91. The van der Waals surface area contributed by atoms with E-state index < -0.39 is 0 Å². The molecule has 2 saturated heterocycles. The second-order valence-electron chi connectivity index (χ2n) is 5.47. The Morgan fingerprint density at radius 2 is 1.83 bits per heavy atom. The van der Waals surface area contributed by atoms with Crippen LogP contribution in [-0.2, 0) is 4.74 Å². The van der Waals surface area contributed by atoms with Crippen LogP contribution in [0.25, 0.3) is 0 Å². The predicted octanol–water partition coefficient (Wildman–Crippen LogP) is 2.46. The first-order valence-corrected chi connectivity index (χ1v) is 7.02. The van der Waals surface area contributed by atoms with Gasteiger partial charge in [0.1, 0.15) is 0 Å². The molecule has 3 unspecified atom stereocenters. The standard InChI is InChI=1S/C15H22N2O/c1-2-15(16)11-3-5-12(6-4-11)17-9-13-7-8-14(10-17)18-13/h3-6,13-15H,2,7-10,16H2,1H3. The summed E-state index contributed by atoms with van der Waals surface area (Å²) in [5, 5.41) is 0. The molecule has 1 aromatic rings. The van der Waals surface area contributed by atoms with Crippen molar-refractivity contribution in [3.05, 3.63) is 29.8 Å². The minimum atomic E-state index is 0.167. The van der Waals surface area contributed by atoms with Crippen molar-refractivity contribution < 1.29 is 4.74 Å². The van der Waals surface area contributed by atoms with E-state index in [9.17, 15) is 0 Å². The van der Waals surface area contributed by atoms with Gasteiger partial charge in [-0.15, -0.1) is 0 Å². The fraction of sp³-hybridized carbons (Fsp3) is 0.600. The Kier molecular flexibility index (Phi) is 3.27. The van der Waals surface area contributed by atoms with Gasteiger partial charge in [-0.2, -0.15) is 0 Å². The SMILES string of the molecule is CCC(N)c1ccc(N2CC3CCC(C2)O3)cc1. The largest absolute Gasteiger partial charge is 0.371 e. The van der Waals surface area contributed by atoms with Gasteiger partial charge in [-0.05, 0) is 37.0 Å². The van der Waals surface area contributed by atoms with E-state index >= 15 is 0 Å². The van der Waals surface area contributed by atoms with Crippen LogP contribution in [0.15, 0.2) is 24.3 Å². The van der Waals surface area contributed by atoms with E-state index in [0.29, 0.717) is 12.2 Å². The van der Waals surface area contributed by atoms with Gasteiger partial charge in [0.05, 0.1) is 12.2 Å². The average molecular weight is 246 g/mol. The van der Waals surface area contributed by atoms with Crippen LogP contribution in [-0.4, -0.2) is 25.3 Å². The molecule has 2 N–H and O–H groups in total. The topological polar surface area (TPSA) is 38.5 Å². The van der Waals surface area contributed by atoms with Crippen LogP contribution in [0.5, 0.6) is 0 Å². The molecule has 0 saturated carbocycles. The summed E-state index contributed by atoms with van der Waals surface area (Å²) in [7, 11) is 0. The Bertz CT molecular complexity index is 391. The first-order chi connectivity index (χ1) is 8.76. The van der Waals surface area contributed by atoms with E-state index in [1.165, 1.54) is 24.1 Å². The van der Waals surface area contributed by atoms with Crippen LogP contribution in [0.4, 0.5) is 5.69 Å². The highest BCUT2D eigenvalue weighted by Gasteiger charge is 2.33. The van der Waals surface area contributed by atoms with E-state index in [2.05, 4.69) is 36.1 Å². The highest BCUT2D eigenvalue weighted by molar-refractivity contribution is 5.49. The minimum Gasteiger partial charge on any atom is -0.371 e. The lowest BCUT2D eigenvalue weighted by atomic mass is 10.0. The molecule has 2 aliphatic heterocycles. The molecule has 0 aliphatic carbocycles. The van der Waals surface area contributed by atoms with E-state index in [0.717, 1.165) is 19.5 Å². The number of hydrogen-bond acceptors (Lipinski definition) is 3. The van der Waals surface area contributed by atoms with Crippen LogP contribution < -0.4 is 10.6 Å². The monoisotopic (exact) mass is 246 g/mol. The molecular formula is C15H22N2O. The molecule has 0 spiro atoms. The number of morpholine rings is 1. The second-order valence-corrected chi connectivity index (χ2v) is 5.47. The fourth-order valence-electron chi connectivity index (χ4n) is 2.99. The second kappa shape index (κ2) is 4.90. The number of ether oxygens (including phenoxy) is 1. The van der Waals surface area contributed by atoms with E-state index in [1.54, 1.807) is 0 Å². The number of nitrogens with two attached hydrogens (primary N) is 1. The van der Waals surface area contributed by atoms with Crippen molar-refractivity contribution in [3.63, 3.8) is 0 Å². The molecule has 3 nitrogen and oxygen atoms in total. The summed E-state index contributed by atoms with van der Waals surface area (Å²) >= 11 is 0. The molecule has 98 valence electrons. The first-order valence-electron chi connectivity index (χ1n) is 7.02. The van der Waals surface area contributed by atoms with Gasteiger partial charge >= 0.3 is 0 Å². The zero-order valence-electron chi connectivity index (χ0n) is 11.0. The lowest BCUT2D eigenvalue weighted by Gasteiger charge is -2.34. The van der Waals surface area contributed by atoms with Crippen LogP contribution >= 0.6 is 0 Å². The number of anilines is 1. The van der Waals surface area contributed by atoms with Crippen LogP contribution in [0.1, 0.15) is 37.8 Å². The summed E-state index contributed by atoms with van der Waals surface area (Å²) < 4.78 is 5.87. The van der Waals surface area contributed by atoms with Crippen molar-refractivity contribution in [2.45, 2.75) is 44.4 Å². The average Bonchev–Trinajstić information content (AvgIpc) is 2.77. The summed E-state index contributed by atoms with van der Waals surface area (Å²) in [4.78, 5) is 2.45. The van der Waals surface area contributed by atoms with E-state index in [1.807, 2.05) is 0 Å². The van der Waals surface area contributed by atoms with E-state index in [-0.39, 0.29) is 6.04 Å². The summed E-state index contributed by atoms with van der Waals surface area (Å²) in [5.74, 6) is 0.